The van der Waals surface area contributed by atoms with Crippen LogP contribution in [0.25, 0.3) is 0 Å². The van der Waals surface area contributed by atoms with Crippen molar-refractivity contribution in [3.8, 4) is 5.75 Å². The number of aliphatic hydroxyl groups is 4. The van der Waals surface area contributed by atoms with Crippen molar-refractivity contribution >= 4 is 5.97 Å². The van der Waals surface area contributed by atoms with Gasteiger partial charge in [-0.3, -0.25) is 0 Å². The molecule has 1 heterocycles. The fourth-order valence-electron chi connectivity index (χ4n) is 3.14. The summed E-state index contributed by atoms with van der Waals surface area (Å²) in [6, 6.07) is 15.2. The first-order valence-electron chi connectivity index (χ1n) is 9.36. The number of rotatable bonds is 8. The van der Waals surface area contributed by atoms with E-state index in [4.69, 9.17) is 14.2 Å². The van der Waals surface area contributed by atoms with Gasteiger partial charge in [0.1, 0.15) is 30.2 Å². The Morgan fingerprint density at radius 1 is 0.967 bits per heavy atom. The second-order valence-corrected chi connectivity index (χ2v) is 6.87. The first kappa shape index (κ1) is 22.2. The minimum absolute atomic E-state index is 0.0478. The number of para-hydroxylation sites is 1. The molecule has 1 fully saturated rings. The number of carbonyl (C=O) groups is 1. The SMILES string of the molecule is O=C(O)C(OCc1ccccc1)c1ccccc1O[C@H]1O[C@H](CO)[C@@H](O)[C@H](O)[C@@H]1O. The molecule has 0 saturated carbocycles. The predicted molar refractivity (Wildman–Crippen MR) is 102 cm³/mol. The molecule has 1 aliphatic heterocycles. The number of carboxylic acids is 1. The number of ether oxygens (including phenoxy) is 3. The number of hydrogen-bond acceptors (Lipinski definition) is 8. The largest absolute Gasteiger partial charge is 0.479 e. The van der Waals surface area contributed by atoms with Gasteiger partial charge in [-0.1, -0.05) is 48.5 Å². The molecule has 1 unspecified atom stereocenters. The van der Waals surface area contributed by atoms with E-state index >= 15 is 0 Å². The third kappa shape index (κ3) is 4.96. The highest BCUT2D eigenvalue weighted by molar-refractivity contribution is 5.75. The van der Waals surface area contributed by atoms with E-state index in [9.17, 15) is 30.3 Å². The third-order valence-electron chi connectivity index (χ3n) is 4.78. The monoisotopic (exact) mass is 420 g/mol. The van der Waals surface area contributed by atoms with Crippen LogP contribution in [0.4, 0.5) is 0 Å². The number of aliphatic carboxylic acids is 1. The molecule has 0 spiro atoms. The smallest absolute Gasteiger partial charge is 0.337 e. The van der Waals surface area contributed by atoms with E-state index in [1.165, 1.54) is 12.1 Å². The molecule has 0 aromatic heterocycles. The standard InChI is InChI=1S/C21H24O9/c22-10-15-16(23)17(24)18(25)21(30-15)29-14-9-5-4-8-13(14)19(20(26)27)28-11-12-6-2-1-3-7-12/h1-9,15-19,21-25H,10-11H2,(H,26,27)/t15-,16-,17+,18+,19?,21+/m1/s1. The zero-order chi connectivity index (χ0) is 21.7. The van der Waals surface area contributed by atoms with Crippen molar-refractivity contribution in [3.63, 3.8) is 0 Å². The highest BCUT2D eigenvalue weighted by Gasteiger charge is 2.45. The van der Waals surface area contributed by atoms with Gasteiger partial charge in [-0.25, -0.2) is 4.79 Å². The summed E-state index contributed by atoms with van der Waals surface area (Å²) in [6.45, 7) is -0.559. The summed E-state index contributed by atoms with van der Waals surface area (Å²) in [5.41, 5.74) is 0.967. The van der Waals surface area contributed by atoms with Crippen molar-refractivity contribution in [2.45, 2.75) is 43.4 Å². The van der Waals surface area contributed by atoms with Crippen LogP contribution in [0.3, 0.4) is 0 Å². The summed E-state index contributed by atoms with van der Waals surface area (Å²) in [6.07, 6.45) is -8.72. The Hall–Kier alpha value is -2.53. The van der Waals surface area contributed by atoms with Crippen molar-refractivity contribution < 1.29 is 44.5 Å². The molecule has 1 aliphatic rings. The van der Waals surface area contributed by atoms with Crippen LogP contribution in [0, 0.1) is 0 Å². The van der Waals surface area contributed by atoms with Gasteiger partial charge in [-0.05, 0) is 11.6 Å². The summed E-state index contributed by atoms with van der Waals surface area (Å²) in [4.78, 5) is 11.9. The molecule has 0 bridgehead atoms. The van der Waals surface area contributed by atoms with E-state index in [2.05, 4.69) is 0 Å². The minimum Gasteiger partial charge on any atom is -0.479 e. The zero-order valence-corrected chi connectivity index (χ0v) is 15.9. The Morgan fingerprint density at radius 2 is 1.63 bits per heavy atom. The van der Waals surface area contributed by atoms with E-state index in [-0.39, 0.29) is 17.9 Å². The van der Waals surface area contributed by atoms with Crippen molar-refractivity contribution in [1.29, 1.82) is 0 Å². The highest BCUT2D eigenvalue weighted by atomic mass is 16.7. The Balaban J connectivity index is 1.80. The van der Waals surface area contributed by atoms with Gasteiger partial charge < -0.3 is 39.7 Å². The van der Waals surface area contributed by atoms with E-state index in [1.54, 1.807) is 24.3 Å². The van der Waals surface area contributed by atoms with Gasteiger partial charge in [-0.15, -0.1) is 0 Å². The van der Waals surface area contributed by atoms with Crippen molar-refractivity contribution in [2.75, 3.05) is 6.61 Å². The van der Waals surface area contributed by atoms with Gasteiger partial charge in [0.25, 0.3) is 0 Å². The van der Waals surface area contributed by atoms with E-state index in [1.807, 2.05) is 18.2 Å². The number of benzene rings is 2. The molecule has 0 amide bonds. The molecule has 0 radical (unpaired) electrons. The summed E-state index contributed by atoms with van der Waals surface area (Å²) < 4.78 is 16.6. The van der Waals surface area contributed by atoms with Crippen LogP contribution in [0.5, 0.6) is 5.75 Å². The van der Waals surface area contributed by atoms with Gasteiger partial charge in [-0.2, -0.15) is 0 Å². The minimum atomic E-state index is -1.62. The molecule has 2 aromatic carbocycles. The van der Waals surface area contributed by atoms with E-state index in [0.717, 1.165) is 5.56 Å². The number of hydrogen-bond donors (Lipinski definition) is 5. The lowest BCUT2D eigenvalue weighted by atomic mass is 9.99. The third-order valence-corrected chi connectivity index (χ3v) is 4.78. The molecule has 30 heavy (non-hydrogen) atoms. The molecule has 9 heteroatoms. The Morgan fingerprint density at radius 3 is 2.30 bits per heavy atom. The molecule has 9 nitrogen and oxygen atoms in total. The molecular weight excluding hydrogens is 396 g/mol. The van der Waals surface area contributed by atoms with Crippen LogP contribution < -0.4 is 4.74 Å². The molecule has 1 saturated heterocycles. The van der Waals surface area contributed by atoms with E-state index in [0.29, 0.717) is 0 Å². The fraction of sp³-hybridized carbons (Fsp3) is 0.381. The van der Waals surface area contributed by atoms with Crippen LogP contribution in [-0.2, 0) is 20.9 Å². The maximum atomic E-state index is 11.9. The summed E-state index contributed by atoms with van der Waals surface area (Å²) >= 11 is 0. The quantitative estimate of drug-likeness (QED) is 0.404. The van der Waals surface area contributed by atoms with Crippen LogP contribution >= 0.6 is 0 Å². The molecule has 0 aliphatic carbocycles. The summed E-state index contributed by atoms with van der Waals surface area (Å²) in [7, 11) is 0. The topological polar surface area (TPSA) is 146 Å². The van der Waals surface area contributed by atoms with Crippen LogP contribution in [0.2, 0.25) is 0 Å². The number of aliphatic hydroxyl groups excluding tert-OH is 4. The highest BCUT2D eigenvalue weighted by Crippen LogP contribution is 2.32. The lowest BCUT2D eigenvalue weighted by Gasteiger charge is -2.39. The second kappa shape index (κ2) is 9.98. The van der Waals surface area contributed by atoms with Gasteiger partial charge >= 0.3 is 5.97 Å². The number of carboxylic acid groups (broad SMARTS) is 1. The Kier molecular flexibility index (Phi) is 7.38. The van der Waals surface area contributed by atoms with Crippen molar-refractivity contribution in [3.05, 3.63) is 65.7 Å². The van der Waals surface area contributed by atoms with Crippen molar-refractivity contribution in [2.24, 2.45) is 0 Å². The first-order chi connectivity index (χ1) is 14.4. The van der Waals surface area contributed by atoms with Crippen LogP contribution in [0.15, 0.2) is 54.6 Å². The Bertz CT molecular complexity index is 826. The van der Waals surface area contributed by atoms with Gasteiger partial charge in [0.2, 0.25) is 6.29 Å². The average Bonchev–Trinajstić information content (AvgIpc) is 2.75. The average molecular weight is 420 g/mol. The zero-order valence-electron chi connectivity index (χ0n) is 15.9. The van der Waals surface area contributed by atoms with Crippen LogP contribution in [-0.4, -0.2) is 68.8 Å². The van der Waals surface area contributed by atoms with Gasteiger partial charge in [0.15, 0.2) is 6.10 Å². The van der Waals surface area contributed by atoms with Gasteiger partial charge in [0, 0.05) is 5.56 Å². The lowest BCUT2D eigenvalue weighted by Crippen LogP contribution is -2.60. The molecule has 3 rings (SSSR count). The fourth-order valence-corrected chi connectivity index (χ4v) is 3.14. The van der Waals surface area contributed by atoms with E-state index < -0.39 is 49.4 Å². The molecule has 6 atom stereocenters. The Labute approximate surface area is 172 Å². The molecule has 162 valence electrons. The molecule has 2 aromatic rings. The maximum absolute atomic E-state index is 11.9. The molecular formula is C21H24O9. The maximum Gasteiger partial charge on any atom is 0.337 e. The molecule has 5 N–H and O–H groups in total. The first-order valence-corrected chi connectivity index (χ1v) is 9.36. The lowest BCUT2D eigenvalue weighted by molar-refractivity contribution is -0.277. The summed E-state index contributed by atoms with van der Waals surface area (Å²) in [5, 5.41) is 49.0. The summed E-state index contributed by atoms with van der Waals surface area (Å²) in [5.74, 6) is -1.18. The normalized spacial score (nSPS) is 27.4. The second-order valence-electron chi connectivity index (χ2n) is 6.87. The predicted octanol–water partition coefficient (Wildman–Crippen LogP) is 0.208. The van der Waals surface area contributed by atoms with Crippen molar-refractivity contribution in [1.82, 2.24) is 0 Å². The van der Waals surface area contributed by atoms with Crippen LogP contribution in [0.1, 0.15) is 17.2 Å². The van der Waals surface area contributed by atoms with Gasteiger partial charge in [0.05, 0.1) is 13.2 Å².